The van der Waals surface area contributed by atoms with Crippen molar-refractivity contribution in [2.24, 2.45) is 0 Å². The van der Waals surface area contributed by atoms with E-state index in [-0.39, 0.29) is 5.91 Å². The number of rotatable bonds is 8. The first-order valence-electron chi connectivity index (χ1n) is 13.9. The summed E-state index contributed by atoms with van der Waals surface area (Å²) in [6.07, 6.45) is 3.26. The molecule has 1 saturated heterocycles. The fourth-order valence-corrected chi connectivity index (χ4v) is 5.05. The van der Waals surface area contributed by atoms with Crippen molar-refractivity contribution < 1.29 is 19.0 Å². The highest BCUT2D eigenvalue weighted by atomic mass is 16.5. The highest BCUT2D eigenvalue weighted by Crippen LogP contribution is 2.34. The lowest BCUT2D eigenvalue weighted by molar-refractivity contribution is 0.102. The number of carbonyl (C=O) groups is 1. The molecule has 0 unspecified atom stereocenters. The van der Waals surface area contributed by atoms with Gasteiger partial charge in [-0.3, -0.25) is 4.79 Å². The summed E-state index contributed by atoms with van der Waals surface area (Å²) >= 11 is 0. The van der Waals surface area contributed by atoms with E-state index in [1.54, 1.807) is 17.8 Å². The van der Waals surface area contributed by atoms with E-state index in [0.29, 0.717) is 58.5 Å². The first-order chi connectivity index (χ1) is 21.0. The first-order valence-corrected chi connectivity index (χ1v) is 13.9. The van der Waals surface area contributed by atoms with Crippen LogP contribution in [0.15, 0.2) is 85.2 Å². The van der Waals surface area contributed by atoms with Crippen molar-refractivity contribution in [3.05, 3.63) is 102 Å². The number of hydrogen-bond acceptors (Lipinski definition) is 8. The van der Waals surface area contributed by atoms with Crippen LogP contribution in [0.3, 0.4) is 0 Å². The largest absolute Gasteiger partial charge is 0.493 e. The van der Waals surface area contributed by atoms with Gasteiger partial charge in [0.05, 0.1) is 55.2 Å². The summed E-state index contributed by atoms with van der Waals surface area (Å²) in [5, 5.41) is 20.7. The summed E-state index contributed by atoms with van der Waals surface area (Å²) in [6.45, 7) is 4.95. The summed E-state index contributed by atoms with van der Waals surface area (Å²) in [5.74, 6) is 1.66. The molecule has 10 nitrogen and oxygen atoms in total. The summed E-state index contributed by atoms with van der Waals surface area (Å²) in [7, 11) is 1.60. The number of carbonyl (C=O) groups excluding carboxylic acids is 1. The average Bonchev–Trinajstić information content (AvgIpc) is 3.37. The Morgan fingerprint density at radius 1 is 1.00 bits per heavy atom. The Bertz CT molecular complexity index is 1800. The highest BCUT2D eigenvalue weighted by molar-refractivity contribution is 6.06. The van der Waals surface area contributed by atoms with Crippen molar-refractivity contribution in [3.8, 4) is 23.3 Å². The third-order valence-corrected chi connectivity index (χ3v) is 7.35. The smallest absolute Gasteiger partial charge is 0.255 e. The maximum atomic E-state index is 13.2. The van der Waals surface area contributed by atoms with Gasteiger partial charge in [-0.25, -0.2) is 4.52 Å². The maximum absolute atomic E-state index is 13.2. The fraction of sp³-hybridized carbons (Fsp3) is 0.182. The van der Waals surface area contributed by atoms with E-state index in [1.165, 1.54) is 6.20 Å². The molecule has 1 aliphatic rings. The highest BCUT2D eigenvalue weighted by Gasteiger charge is 2.19. The van der Waals surface area contributed by atoms with Crippen molar-refractivity contribution in [1.29, 1.82) is 5.26 Å². The van der Waals surface area contributed by atoms with Gasteiger partial charge < -0.3 is 29.7 Å². The normalized spacial score (nSPS) is 12.9. The van der Waals surface area contributed by atoms with E-state index < -0.39 is 0 Å². The predicted molar refractivity (Wildman–Crippen MR) is 165 cm³/mol. The molecule has 0 saturated carbocycles. The van der Waals surface area contributed by atoms with Crippen LogP contribution in [0.2, 0.25) is 0 Å². The zero-order chi connectivity index (χ0) is 29.8. The molecule has 3 aromatic carbocycles. The molecule has 3 heterocycles. The Kier molecular flexibility index (Phi) is 7.80. The van der Waals surface area contributed by atoms with E-state index in [0.717, 1.165) is 30.0 Å². The van der Waals surface area contributed by atoms with Crippen LogP contribution in [0.1, 0.15) is 21.5 Å². The second-order valence-electron chi connectivity index (χ2n) is 10.0. The number of morpholine rings is 1. The molecule has 1 fully saturated rings. The lowest BCUT2D eigenvalue weighted by atomic mass is 10.1. The summed E-state index contributed by atoms with van der Waals surface area (Å²) in [6, 6.07) is 24.6. The van der Waals surface area contributed by atoms with Gasteiger partial charge in [0.1, 0.15) is 11.8 Å². The number of nitrogens with zero attached hydrogens (tertiary/aromatic N) is 4. The molecule has 10 heteroatoms. The number of nitriles is 1. The molecule has 2 N–H and O–H groups in total. The Morgan fingerprint density at radius 3 is 2.42 bits per heavy atom. The number of anilines is 4. The van der Waals surface area contributed by atoms with E-state index in [2.05, 4.69) is 26.7 Å². The van der Waals surface area contributed by atoms with Gasteiger partial charge in [-0.1, -0.05) is 12.1 Å². The zero-order valence-corrected chi connectivity index (χ0v) is 23.8. The van der Waals surface area contributed by atoms with Crippen LogP contribution in [0.25, 0.3) is 5.52 Å². The van der Waals surface area contributed by atoms with Gasteiger partial charge in [0.25, 0.3) is 5.91 Å². The van der Waals surface area contributed by atoms with Crippen LogP contribution in [0.5, 0.6) is 17.2 Å². The standard InChI is InChI=1S/C33H30N6O4/c1-22-28(37-33(40)23-7-11-26(12-8-23)38-15-17-42-18-16-38)21-39-32(22)31(24(19-34)20-35-39)36-25-9-13-27(14-10-25)43-30-6-4-3-5-29(30)41-2/h3-14,20-21,36H,15-18H2,1-2H3,(H,37,40). The number of para-hydroxylation sites is 2. The number of aromatic nitrogens is 2. The van der Waals surface area contributed by atoms with E-state index in [9.17, 15) is 10.1 Å². The molecule has 43 heavy (non-hydrogen) atoms. The SMILES string of the molecule is COc1ccccc1Oc1ccc(Nc2c(C#N)cnn3cc(NC(=O)c4ccc(N5CCOCC5)cc4)c(C)c23)cc1. The van der Waals surface area contributed by atoms with Crippen molar-refractivity contribution in [3.63, 3.8) is 0 Å². The maximum Gasteiger partial charge on any atom is 0.255 e. The minimum atomic E-state index is -0.229. The molecule has 0 spiro atoms. The van der Waals surface area contributed by atoms with Crippen molar-refractivity contribution >= 4 is 34.2 Å². The Balaban J connectivity index is 1.22. The molecule has 0 bridgehead atoms. The molecular weight excluding hydrogens is 544 g/mol. The number of nitrogens with one attached hydrogen (secondary N) is 2. The van der Waals surface area contributed by atoms with Crippen LogP contribution < -0.4 is 25.0 Å². The molecule has 1 amide bonds. The Labute approximate surface area is 249 Å². The van der Waals surface area contributed by atoms with Gasteiger partial charge in [0, 0.05) is 35.6 Å². The van der Waals surface area contributed by atoms with E-state index in [1.807, 2.05) is 79.7 Å². The number of aryl methyl sites for hydroxylation is 1. The van der Waals surface area contributed by atoms with Gasteiger partial charge in [-0.15, -0.1) is 0 Å². The van der Waals surface area contributed by atoms with Crippen molar-refractivity contribution in [2.75, 3.05) is 48.9 Å². The van der Waals surface area contributed by atoms with Gasteiger partial charge >= 0.3 is 0 Å². The van der Waals surface area contributed by atoms with E-state index >= 15 is 0 Å². The molecule has 0 aliphatic carbocycles. The number of ether oxygens (including phenoxy) is 3. The number of amides is 1. The number of methoxy groups -OCH3 is 1. The predicted octanol–water partition coefficient (Wildman–Crippen LogP) is 6.15. The van der Waals surface area contributed by atoms with Gasteiger partial charge in [-0.2, -0.15) is 10.4 Å². The van der Waals surface area contributed by atoms with Gasteiger partial charge in [0.15, 0.2) is 11.5 Å². The van der Waals surface area contributed by atoms with Crippen LogP contribution in [-0.4, -0.2) is 48.9 Å². The molecule has 1 aliphatic heterocycles. The minimum absolute atomic E-state index is 0.229. The number of benzene rings is 3. The van der Waals surface area contributed by atoms with Crippen LogP contribution >= 0.6 is 0 Å². The van der Waals surface area contributed by atoms with E-state index in [4.69, 9.17) is 14.2 Å². The van der Waals surface area contributed by atoms with Gasteiger partial charge in [0.2, 0.25) is 0 Å². The molecule has 0 atom stereocenters. The lowest BCUT2D eigenvalue weighted by Crippen LogP contribution is -2.36. The van der Waals surface area contributed by atoms with Crippen LogP contribution in [-0.2, 0) is 4.74 Å². The van der Waals surface area contributed by atoms with Gasteiger partial charge in [-0.05, 0) is 67.6 Å². The van der Waals surface area contributed by atoms with Crippen LogP contribution in [0, 0.1) is 18.3 Å². The number of hydrogen-bond donors (Lipinski definition) is 2. The Hall–Kier alpha value is -5.53. The molecule has 216 valence electrons. The quantitative estimate of drug-likeness (QED) is 0.227. The molecule has 5 aromatic rings. The minimum Gasteiger partial charge on any atom is -0.493 e. The lowest BCUT2D eigenvalue weighted by Gasteiger charge is -2.28. The second-order valence-corrected chi connectivity index (χ2v) is 10.0. The third kappa shape index (κ3) is 5.80. The fourth-order valence-electron chi connectivity index (χ4n) is 5.05. The third-order valence-electron chi connectivity index (χ3n) is 7.35. The summed E-state index contributed by atoms with van der Waals surface area (Å²) in [5.41, 5.74) is 5.40. The van der Waals surface area contributed by atoms with Crippen molar-refractivity contribution in [2.45, 2.75) is 6.92 Å². The first kappa shape index (κ1) is 27.6. The Morgan fingerprint density at radius 2 is 1.72 bits per heavy atom. The monoisotopic (exact) mass is 574 g/mol. The summed E-state index contributed by atoms with van der Waals surface area (Å²) < 4.78 is 18.4. The molecule has 0 radical (unpaired) electrons. The molecular formula is C33H30N6O4. The topological polar surface area (TPSA) is 113 Å². The average molecular weight is 575 g/mol. The van der Waals surface area contributed by atoms with Crippen molar-refractivity contribution in [1.82, 2.24) is 9.61 Å². The molecule has 2 aromatic heterocycles. The van der Waals surface area contributed by atoms with Crippen LogP contribution in [0.4, 0.5) is 22.7 Å². The zero-order valence-electron chi connectivity index (χ0n) is 23.8. The number of fused-ring (bicyclic) bond motifs is 1. The summed E-state index contributed by atoms with van der Waals surface area (Å²) in [4.78, 5) is 15.4. The molecule has 6 rings (SSSR count). The second kappa shape index (κ2) is 12.1.